The number of halogens is 1. The van der Waals surface area contributed by atoms with Crippen LogP contribution in [0.5, 0.6) is 23.0 Å². The number of nitrogens with zero attached hydrogens (tertiary/aromatic N) is 1. The smallest absolute Gasteiger partial charge is 0.241 e. The third kappa shape index (κ3) is 6.01. The lowest BCUT2D eigenvalue weighted by molar-refractivity contribution is -0.117. The van der Waals surface area contributed by atoms with Crippen molar-refractivity contribution in [3.05, 3.63) is 72.4 Å². The molecule has 4 aromatic rings. The highest BCUT2D eigenvalue weighted by Crippen LogP contribution is 2.44. The van der Waals surface area contributed by atoms with Crippen molar-refractivity contribution < 1.29 is 28.3 Å². The number of methoxy groups -OCH3 is 4. The van der Waals surface area contributed by atoms with Gasteiger partial charge < -0.3 is 34.5 Å². The molecule has 1 amide bonds. The quantitative estimate of drug-likeness (QED) is 0.290. The number of nitrogens with one attached hydrogen (secondary N) is 1. The molecule has 1 aromatic heterocycles. The minimum absolute atomic E-state index is 0. The number of carbonyl (C=O) groups is 1. The van der Waals surface area contributed by atoms with Crippen LogP contribution in [0, 0.1) is 0 Å². The summed E-state index contributed by atoms with van der Waals surface area (Å²) in [6, 6.07) is 17.8. The fourth-order valence-corrected chi connectivity index (χ4v) is 4.02. The maximum atomic E-state index is 12.9. The molecule has 1 unspecified atom stereocenters. The highest BCUT2D eigenvalue weighted by Gasteiger charge is 2.21. The van der Waals surface area contributed by atoms with Crippen molar-refractivity contribution in [3.63, 3.8) is 0 Å². The van der Waals surface area contributed by atoms with Crippen LogP contribution < -0.4 is 30.0 Å². The number of amides is 1. The molecule has 1 atom stereocenters. The number of anilines is 1. The van der Waals surface area contributed by atoms with E-state index in [-0.39, 0.29) is 18.3 Å². The number of rotatable bonds is 10. The zero-order chi connectivity index (χ0) is 26.4. The SMILES string of the molecule is COc1ccc(-c2cnoc2-c2cc(OC)c(OC)c(OC)c2)cc1NC(=O)C(N)Cc1ccccc1.Cl. The highest BCUT2D eigenvalue weighted by atomic mass is 35.5. The summed E-state index contributed by atoms with van der Waals surface area (Å²) in [4.78, 5) is 12.9. The summed E-state index contributed by atoms with van der Waals surface area (Å²) in [6.45, 7) is 0. The molecule has 3 N–H and O–H groups in total. The van der Waals surface area contributed by atoms with Gasteiger partial charge in [-0.2, -0.15) is 0 Å². The van der Waals surface area contributed by atoms with E-state index in [1.54, 1.807) is 51.8 Å². The summed E-state index contributed by atoms with van der Waals surface area (Å²) in [5, 5.41) is 6.91. The molecule has 0 radical (unpaired) electrons. The standard InChI is InChI=1S/C28H29N3O6.ClH/c1-33-23-11-10-18(13-22(23)31-28(32)21(29)12-17-8-6-5-7-9-17)20-16-30-37-26(20)19-14-24(34-2)27(36-4)25(15-19)35-3;/h5-11,13-16,21H,12,29H2,1-4H3,(H,31,32);1H. The van der Waals surface area contributed by atoms with Gasteiger partial charge in [0.15, 0.2) is 17.3 Å². The molecule has 10 heteroatoms. The Labute approximate surface area is 227 Å². The van der Waals surface area contributed by atoms with Crippen molar-refractivity contribution in [1.82, 2.24) is 5.16 Å². The number of nitrogens with two attached hydrogens (primary N) is 1. The largest absolute Gasteiger partial charge is 0.495 e. The van der Waals surface area contributed by atoms with Crippen LogP contribution in [0.2, 0.25) is 0 Å². The van der Waals surface area contributed by atoms with Gasteiger partial charge in [-0.25, -0.2) is 0 Å². The number of hydrogen-bond donors (Lipinski definition) is 2. The first kappa shape index (κ1) is 28.4. The Morgan fingerprint density at radius 2 is 1.55 bits per heavy atom. The van der Waals surface area contributed by atoms with E-state index < -0.39 is 6.04 Å². The lowest BCUT2D eigenvalue weighted by Crippen LogP contribution is -2.37. The Morgan fingerprint density at radius 1 is 0.895 bits per heavy atom. The number of hydrogen-bond acceptors (Lipinski definition) is 8. The van der Waals surface area contributed by atoms with Gasteiger partial charge in [0.2, 0.25) is 11.7 Å². The van der Waals surface area contributed by atoms with Gasteiger partial charge in [0, 0.05) is 11.1 Å². The summed E-state index contributed by atoms with van der Waals surface area (Å²) < 4.78 is 27.5. The molecule has 0 saturated heterocycles. The number of carbonyl (C=O) groups excluding carboxylic acids is 1. The van der Waals surface area contributed by atoms with E-state index in [1.807, 2.05) is 36.4 Å². The van der Waals surface area contributed by atoms with E-state index in [1.165, 1.54) is 7.11 Å². The van der Waals surface area contributed by atoms with Crippen LogP contribution in [0.1, 0.15) is 5.56 Å². The monoisotopic (exact) mass is 539 g/mol. The molecule has 0 bridgehead atoms. The van der Waals surface area contributed by atoms with Gasteiger partial charge in [0.05, 0.1) is 46.4 Å². The van der Waals surface area contributed by atoms with E-state index in [0.717, 1.165) is 11.1 Å². The minimum atomic E-state index is -0.735. The predicted molar refractivity (Wildman–Crippen MR) is 148 cm³/mol. The molecule has 0 aliphatic carbocycles. The van der Waals surface area contributed by atoms with Crippen molar-refractivity contribution in [3.8, 4) is 45.4 Å². The molecule has 0 aliphatic rings. The summed E-state index contributed by atoms with van der Waals surface area (Å²) >= 11 is 0. The summed E-state index contributed by atoms with van der Waals surface area (Å²) in [6.07, 6.45) is 2.01. The third-order valence-electron chi connectivity index (χ3n) is 5.90. The van der Waals surface area contributed by atoms with Crippen LogP contribution in [0.3, 0.4) is 0 Å². The van der Waals surface area contributed by atoms with Crippen molar-refractivity contribution in [2.75, 3.05) is 33.8 Å². The van der Waals surface area contributed by atoms with Crippen LogP contribution in [-0.2, 0) is 11.2 Å². The normalized spacial score (nSPS) is 11.2. The molecule has 0 spiro atoms. The Balaban J connectivity index is 0.00000400. The van der Waals surface area contributed by atoms with Gasteiger partial charge in [0.25, 0.3) is 0 Å². The minimum Gasteiger partial charge on any atom is -0.495 e. The molecule has 9 nitrogen and oxygen atoms in total. The van der Waals surface area contributed by atoms with Gasteiger partial charge in [-0.15, -0.1) is 12.4 Å². The van der Waals surface area contributed by atoms with Crippen molar-refractivity contribution in [2.45, 2.75) is 12.5 Å². The van der Waals surface area contributed by atoms with Crippen LogP contribution >= 0.6 is 12.4 Å². The molecular weight excluding hydrogens is 510 g/mol. The zero-order valence-corrected chi connectivity index (χ0v) is 22.3. The molecule has 0 fully saturated rings. The van der Waals surface area contributed by atoms with Gasteiger partial charge in [-0.1, -0.05) is 41.6 Å². The van der Waals surface area contributed by atoms with Crippen molar-refractivity contribution in [2.24, 2.45) is 5.73 Å². The first-order chi connectivity index (χ1) is 18.0. The van der Waals surface area contributed by atoms with E-state index in [9.17, 15) is 4.79 Å². The van der Waals surface area contributed by atoms with Crippen molar-refractivity contribution in [1.29, 1.82) is 0 Å². The maximum absolute atomic E-state index is 12.9. The molecule has 4 rings (SSSR count). The molecule has 200 valence electrons. The Bertz CT molecular complexity index is 1350. The van der Waals surface area contributed by atoms with Crippen molar-refractivity contribution >= 4 is 24.0 Å². The Hall–Kier alpha value is -4.21. The molecular formula is C28H30ClN3O6. The second kappa shape index (κ2) is 12.8. The number of aromatic nitrogens is 1. The molecule has 0 aliphatic heterocycles. The fraction of sp³-hybridized carbons (Fsp3) is 0.214. The van der Waals surface area contributed by atoms with Gasteiger partial charge >= 0.3 is 0 Å². The third-order valence-corrected chi connectivity index (χ3v) is 5.90. The average Bonchev–Trinajstić information content (AvgIpc) is 3.42. The molecule has 0 saturated carbocycles. The van der Waals surface area contributed by atoms with Crippen LogP contribution in [0.25, 0.3) is 22.5 Å². The topological polar surface area (TPSA) is 118 Å². The molecule has 38 heavy (non-hydrogen) atoms. The number of ether oxygens (including phenoxy) is 4. The van der Waals surface area contributed by atoms with Crippen LogP contribution in [-0.4, -0.2) is 45.5 Å². The first-order valence-corrected chi connectivity index (χ1v) is 11.5. The second-order valence-corrected chi connectivity index (χ2v) is 8.18. The van der Waals surface area contributed by atoms with E-state index in [2.05, 4.69) is 10.5 Å². The highest BCUT2D eigenvalue weighted by molar-refractivity contribution is 5.97. The molecule has 3 aromatic carbocycles. The summed E-state index contributed by atoms with van der Waals surface area (Å²) in [5.74, 6) is 2.09. The Kier molecular flexibility index (Phi) is 9.59. The van der Waals surface area contributed by atoms with Gasteiger partial charge in [-0.05, 0) is 41.8 Å². The van der Waals surface area contributed by atoms with Crippen LogP contribution in [0.15, 0.2) is 71.4 Å². The van der Waals surface area contributed by atoms with Crippen LogP contribution in [0.4, 0.5) is 5.69 Å². The van der Waals surface area contributed by atoms with Gasteiger partial charge in [-0.3, -0.25) is 4.79 Å². The first-order valence-electron chi connectivity index (χ1n) is 11.5. The van der Waals surface area contributed by atoms with E-state index >= 15 is 0 Å². The Morgan fingerprint density at radius 3 is 2.16 bits per heavy atom. The van der Waals surface area contributed by atoms with Gasteiger partial charge in [0.1, 0.15) is 5.75 Å². The van der Waals surface area contributed by atoms with E-state index in [4.69, 9.17) is 29.2 Å². The average molecular weight is 540 g/mol. The lowest BCUT2D eigenvalue weighted by Gasteiger charge is -2.16. The summed E-state index contributed by atoms with van der Waals surface area (Å²) in [5.41, 5.74) is 9.76. The zero-order valence-electron chi connectivity index (χ0n) is 21.5. The second-order valence-electron chi connectivity index (χ2n) is 8.18. The lowest BCUT2D eigenvalue weighted by atomic mass is 10.0. The maximum Gasteiger partial charge on any atom is 0.241 e. The molecule has 1 heterocycles. The summed E-state index contributed by atoms with van der Waals surface area (Å²) in [7, 11) is 6.17. The number of benzene rings is 3. The van der Waals surface area contributed by atoms with E-state index in [0.29, 0.717) is 52.0 Å². The predicted octanol–water partition coefficient (Wildman–Crippen LogP) is 4.97. The fourth-order valence-electron chi connectivity index (χ4n) is 4.02.